The van der Waals surface area contributed by atoms with Gasteiger partial charge in [0, 0.05) is 18.8 Å². The van der Waals surface area contributed by atoms with E-state index in [1.54, 1.807) is 0 Å². The summed E-state index contributed by atoms with van der Waals surface area (Å²) in [6, 6.07) is 5.23. The van der Waals surface area contributed by atoms with Gasteiger partial charge in [0.25, 0.3) is 0 Å². The van der Waals surface area contributed by atoms with Crippen molar-refractivity contribution in [3.05, 3.63) is 23.9 Å². The molecule has 0 spiro atoms. The molecular formula is C15H23N3O. The topological polar surface area (TPSA) is 37.4 Å². The summed E-state index contributed by atoms with van der Waals surface area (Å²) in [6.07, 6.45) is 6.14. The van der Waals surface area contributed by atoms with E-state index in [4.69, 9.17) is 4.74 Å². The Morgan fingerprint density at radius 1 is 1.42 bits per heavy atom. The summed E-state index contributed by atoms with van der Waals surface area (Å²) in [7, 11) is 1.98. The van der Waals surface area contributed by atoms with Crippen LogP contribution < -0.4 is 10.2 Å². The third kappa shape index (κ3) is 2.47. The summed E-state index contributed by atoms with van der Waals surface area (Å²) in [5, 5.41) is 3.24. The molecule has 104 valence electrons. The van der Waals surface area contributed by atoms with Gasteiger partial charge in [0.2, 0.25) is 0 Å². The molecule has 0 bridgehead atoms. The molecule has 1 aliphatic carbocycles. The van der Waals surface area contributed by atoms with E-state index in [2.05, 4.69) is 34.3 Å². The average Bonchev–Trinajstić information content (AvgIpc) is 2.95. The molecule has 1 aromatic heterocycles. The van der Waals surface area contributed by atoms with Crippen molar-refractivity contribution < 1.29 is 4.74 Å². The first kappa shape index (κ1) is 12.9. The predicted octanol–water partition coefficient (Wildman–Crippen LogP) is 2.12. The fourth-order valence-electron chi connectivity index (χ4n) is 3.20. The summed E-state index contributed by atoms with van der Waals surface area (Å²) in [6.45, 7) is 3.95. The first-order valence-corrected chi connectivity index (χ1v) is 7.31. The van der Waals surface area contributed by atoms with E-state index in [9.17, 15) is 0 Å². The molecule has 4 nitrogen and oxygen atoms in total. The highest BCUT2D eigenvalue weighted by Crippen LogP contribution is 2.32. The zero-order valence-corrected chi connectivity index (χ0v) is 11.8. The Morgan fingerprint density at radius 3 is 3.05 bits per heavy atom. The third-order valence-corrected chi connectivity index (χ3v) is 4.48. The minimum absolute atomic E-state index is 0.352. The van der Waals surface area contributed by atoms with Crippen molar-refractivity contribution in [2.24, 2.45) is 0 Å². The molecule has 2 heterocycles. The number of rotatable bonds is 3. The quantitative estimate of drug-likeness (QED) is 0.904. The van der Waals surface area contributed by atoms with Crippen LogP contribution in [0.1, 0.15) is 37.8 Å². The van der Waals surface area contributed by atoms with Crippen LogP contribution in [0.2, 0.25) is 0 Å². The molecule has 2 fully saturated rings. The number of aromatic nitrogens is 1. The van der Waals surface area contributed by atoms with Crippen molar-refractivity contribution in [1.82, 2.24) is 10.3 Å². The molecule has 4 heteroatoms. The molecule has 1 aliphatic heterocycles. The summed E-state index contributed by atoms with van der Waals surface area (Å²) >= 11 is 0. The van der Waals surface area contributed by atoms with Gasteiger partial charge in [-0.2, -0.15) is 0 Å². The van der Waals surface area contributed by atoms with Gasteiger partial charge in [-0.05, 0) is 44.9 Å². The summed E-state index contributed by atoms with van der Waals surface area (Å²) in [4.78, 5) is 7.10. The highest BCUT2D eigenvalue weighted by molar-refractivity contribution is 5.42. The lowest BCUT2D eigenvalue weighted by Gasteiger charge is -2.38. The van der Waals surface area contributed by atoms with Gasteiger partial charge in [-0.1, -0.05) is 6.07 Å². The maximum Gasteiger partial charge on any atom is 0.128 e. The maximum absolute atomic E-state index is 5.85. The monoisotopic (exact) mass is 261 g/mol. The minimum Gasteiger partial charge on any atom is -0.374 e. The van der Waals surface area contributed by atoms with Gasteiger partial charge in [-0.25, -0.2) is 4.98 Å². The zero-order valence-electron chi connectivity index (χ0n) is 11.8. The molecule has 2 aliphatic rings. The molecule has 1 N–H and O–H groups in total. The van der Waals surface area contributed by atoms with Gasteiger partial charge in [-0.15, -0.1) is 0 Å². The van der Waals surface area contributed by atoms with Crippen LogP contribution in [0.25, 0.3) is 0 Å². The fourth-order valence-corrected chi connectivity index (χ4v) is 3.20. The van der Waals surface area contributed by atoms with Gasteiger partial charge >= 0.3 is 0 Å². The number of fused-ring (bicyclic) bond motifs is 1. The van der Waals surface area contributed by atoms with Gasteiger partial charge in [0.05, 0.1) is 18.8 Å². The van der Waals surface area contributed by atoms with Crippen molar-refractivity contribution in [1.29, 1.82) is 0 Å². The van der Waals surface area contributed by atoms with Crippen LogP contribution in [-0.2, 0) is 4.74 Å². The smallest absolute Gasteiger partial charge is 0.128 e. The van der Waals surface area contributed by atoms with Crippen molar-refractivity contribution in [3.8, 4) is 0 Å². The number of morpholine rings is 1. The molecular weight excluding hydrogens is 238 g/mol. The van der Waals surface area contributed by atoms with Crippen LogP contribution in [0.15, 0.2) is 18.3 Å². The second-order valence-electron chi connectivity index (χ2n) is 5.56. The number of hydrogen-bond donors (Lipinski definition) is 1. The lowest BCUT2D eigenvalue weighted by molar-refractivity contribution is 0.0253. The van der Waals surface area contributed by atoms with Crippen LogP contribution >= 0.6 is 0 Å². The van der Waals surface area contributed by atoms with Crippen molar-refractivity contribution in [2.45, 2.75) is 44.4 Å². The number of hydrogen-bond acceptors (Lipinski definition) is 4. The van der Waals surface area contributed by atoms with Gasteiger partial charge in [-0.3, -0.25) is 0 Å². The molecule has 19 heavy (non-hydrogen) atoms. The molecule has 1 aromatic rings. The molecule has 1 saturated heterocycles. The van der Waals surface area contributed by atoms with Gasteiger partial charge < -0.3 is 15.0 Å². The first-order valence-electron chi connectivity index (χ1n) is 7.31. The van der Waals surface area contributed by atoms with Crippen LogP contribution in [0.5, 0.6) is 0 Å². The average molecular weight is 261 g/mol. The number of nitrogens with zero attached hydrogens (tertiary/aromatic N) is 2. The lowest BCUT2D eigenvalue weighted by Crippen LogP contribution is -2.49. The van der Waals surface area contributed by atoms with E-state index >= 15 is 0 Å². The normalized spacial score (nSPS) is 28.2. The number of ether oxygens (including phenoxy) is 1. The third-order valence-electron chi connectivity index (χ3n) is 4.48. The van der Waals surface area contributed by atoms with Crippen molar-refractivity contribution in [2.75, 3.05) is 25.1 Å². The van der Waals surface area contributed by atoms with Gasteiger partial charge in [0.15, 0.2) is 0 Å². The molecule has 3 rings (SSSR count). The second kappa shape index (κ2) is 5.47. The highest BCUT2D eigenvalue weighted by atomic mass is 16.5. The number of anilines is 1. The molecule has 1 saturated carbocycles. The number of nitrogens with one attached hydrogen (secondary N) is 1. The SMILES string of the molecule is CNC(C)c1ccc(N2CCOC3CCCC32)nc1. The Labute approximate surface area is 115 Å². The van der Waals surface area contributed by atoms with Crippen molar-refractivity contribution >= 4 is 5.82 Å². The Balaban J connectivity index is 1.77. The van der Waals surface area contributed by atoms with Crippen LogP contribution in [-0.4, -0.2) is 37.3 Å². The predicted molar refractivity (Wildman–Crippen MR) is 76.4 cm³/mol. The largest absolute Gasteiger partial charge is 0.374 e. The van der Waals surface area contributed by atoms with E-state index in [-0.39, 0.29) is 0 Å². The van der Waals surface area contributed by atoms with E-state index in [1.807, 2.05) is 13.2 Å². The molecule has 0 radical (unpaired) electrons. The Kier molecular flexibility index (Phi) is 3.71. The van der Waals surface area contributed by atoms with Crippen LogP contribution in [0.3, 0.4) is 0 Å². The van der Waals surface area contributed by atoms with Gasteiger partial charge in [0.1, 0.15) is 5.82 Å². The Morgan fingerprint density at radius 2 is 2.32 bits per heavy atom. The second-order valence-corrected chi connectivity index (χ2v) is 5.56. The molecule has 3 atom stereocenters. The van der Waals surface area contributed by atoms with E-state index in [1.165, 1.54) is 24.8 Å². The fraction of sp³-hybridized carbons (Fsp3) is 0.667. The van der Waals surface area contributed by atoms with E-state index in [0.29, 0.717) is 18.2 Å². The summed E-state index contributed by atoms with van der Waals surface area (Å²) in [5.41, 5.74) is 1.24. The maximum atomic E-state index is 5.85. The first-order chi connectivity index (χ1) is 9.29. The van der Waals surface area contributed by atoms with E-state index in [0.717, 1.165) is 19.0 Å². The van der Waals surface area contributed by atoms with Crippen LogP contribution in [0, 0.1) is 0 Å². The lowest BCUT2D eigenvalue weighted by atomic mass is 10.1. The molecule has 0 amide bonds. The molecule has 3 unspecified atom stereocenters. The number of pyridine rings is 1. The summed E-state index contributed by atoms with van der Waals surface area (Å²) < 4.78 is 5.85. The Hall–Kier alpha value is -1.13. The minimum atomic E-state index is 0.352. The van der Waals surface area contributed by atoms with Crippen molar-refractivity contribution in [3.63, 3.8) is 0 Å². The van der Waals surface area contributed by atoms with E-state index < -0.39 is 0 Å². The Bertz CT molecular complexity index is 420. The summed E-state index contributed by atoms with van der Waals surface area (Å²) in [5.74, 6) is 1.10. The molecule has 0 aromatic carbocycles. The highest BCUT2D eigenvalue weighted by Gasteiger charge is 2.36. The van der Waals surface area contributed by atoms with Crippen LogP contribution in [0.4, 0.5) is 5.82 Å². The standard InChI is InChI=1S/C15H23N3O/c1-11(16-2)12-6-7-15(17-10-12)18-8-9-19-14-5-3-4-13(14)18/h6-7,10-11,13-14,16H,3-5,8-9H2,1-2H3. The zero-order chi connectivity index (χ0) is 13.2.